The maximum atomic E-state index is 12.7. The highest BCUT2D eigenvalue weighted by atomic mass is 32.2. The first-order valence-electron chi connectivity index (χ1n) is 9.10. The van der Waals surface area contributed by atoms with Crippen molar-refractivity contribution in [3.63, 3.8) is 0 Å². The molecule has 0 spiro atoms. The molecule has 2 aromatic heterocycles. The molecule has 1 atom stereocenters. The number of anilines is 2. The number of carbonyl (C=O) groups excluding carboxylic acids is 1. The van der Waals surface area contributed by atoms with Gasteiger partial charge >= 0.3 is 0 Å². The van der Waals surface area contributed by atoms with Crippen molar-refractivity contribution in [2.45, 2.75) is 30.0 Å². The van der Waals surface area contributed by atoms with E-state index in [4.69, 9.17) is 0 Å². The lowest BCUT2D eigenvalue weighted by atomic mass is 10.1. The van der Waals surface area contributed by atoms with E-state index >= 15 is 0 Å². The second-order valence-electron chi connectivity index (χ2n) is 6.37. The summed E-state index contributed by atoms with van der Waals surface area (Å²) >= 11 is 2.85. The molecular weight excluding hydrogens is 390 g/mol. The van der Waals surface area contributed by atoms with Crippen molar-refractivity contribution in [1.29, 1.82) is 0 Å². The molecule has 0 saturated carbocycles. The molecule has 8 heteroatoms. The van der Waals surface area contributed by atoms with E-state index in [2.05, 4.69) is 62.7 Å². The lowest BCUT2D eigenvalue weighted by Crippen LogP contribution is -2.22. The Hall–Kier alpha value is -2.58. The van der Waals surface area contributed by atoms with Crippen LogP contribution < -0.4 is 10.6 Å². The lowest BCUT2D eigenvalue weighted by Gasteiger charge is -2.11. The molecule has 0 radical (unpaired) electrons. The van der Waals surface area contributed by atoms with Crippen molar-refractivity contribution in [3.05, 3.63) is 42.5 Å². The molecule has 0 bridgehead atoms. The number of amides is 1. The highest BCUT2D eigenvalue weighted by Gasteiger charge is 2.18. The van der Waals surface area contributed by atoms with Crippen LogP contribution >= 0.6 is 23.1 Å². The Morgan fingerprint density at radius 2 is 1.96 bits per heavy atom. The highest BCUT2D eigenvalue weighted by Crippen LogP contribution is 2.32. The third-order valence-electron chi connectivity index (χ3n) is 4.62. The Bertz CT molecular complexity index is 1150. The summed E-state index contributed by atoms with van der Waals surface area (Å²) in [6, 6.07) is 14.5. The number of rotatable bonds is 6. The van der Waals surface area contributed by atoms with E-state index in [9.17, 15) is 4.79 Å². The van der Waals surface area contributed by atoms with Gasteiger partial charge in [0.25, 0.3) is 0 Å². The number of benzene rings is 2. The van der Waals surface area contributed by atoms with Crippen LogP contribution in [0.25, 0.3) is 21.8 Å². The van der Waals surface area contributed by atoms with E-state index in [1.54, 1.807) is 7.05 Å². The number of hydrogen-bond acceptors (Lipinski definition) is 6. The molecule has 4 rings (SSSR count). The van der Waals surface area contributed by atoms with Crippen LogP contribution in [0.5, 0.6) is 0 Å². The van der Waals surface area contributed by atoms with Crippen LogP contribution in [0.1, 0.15) is 13.8 Å². The van der Waals surface area contributed by atoms with Gasteiger partial charge in [-0.2, -0.15) is 0 Å². The Kier molecular flexibility index (Phi) is 5.23. The number of fused-ring (bicyclic) bond motifs is 3. The van der Waals surface area contributed by atoms with E-state index in [1.807, 2.05) is 19.1 Å². The number of thioether (sulfide) groups is 1. The molecule has 2 heterocycles. The fraction of sp³-hybridized carbons (Fsp3) is 0.250. The summed E-state index contributed by atoms with van der Waals surface area (Å²) in [6.07, 6.45) is 0. The van der Waals surface area contributed by atoms with Gasteiger partial charge in [-0.3, -0.25) is 4.79 Å². The number of para-hydroxylation sites is 1. The van der Waals surface area contributed by atoms with E-state index < -0.39 is 0 Å². The molecule has 0 aliphatic rings. The lowest BCUT2D eigenvalue weighted by molar-refractivity contribution is -0.115. The van der Waals surface area contributed by atoms with E-state index in [1.165, 1.54) is 39.5 Å². The molecule has 0 saturated heterocycles. The SMILES string of the molecule is CCn1c2ccccc2c2cc(NC(=O)[C@@H](C)Sc3nnc(NC)s3)ccc21. The van der Waals surface area contributed by atoms with Gasteiger partial charge in [-0.05, 0) is 38.1 Å². The first-order chi connectivity index (χ1) is 13.6. The molecule has 1 amide bonds. The first kappa shape index (κ1) is 18.8. The van der Waals surface area contributed by atoms with Gasteiger partial charge in [0.15, 0.2) is 4.34 Å². The molecule has 0 fully saturated rings. The molecule has 2 N–H and O–H groups in total. The van der Waals surface area contributed by atoms with Crippen LogP contribution in [0.15, 0.2) is 46.8 Å². The van der Waals surface area contributed by atoms with Crippen LogP contribution in [0, 0.1) is 0 Å². The number of aryl methyl sites for hydroxylation is 1. The molecule has 0 unspecified atom stereocenters. The maximum Gasteiger partial charge on any atom is 0.237 e. The zero-order valence-corrected chi connectivity index (χ0v) is 17.5. The Labute approximate surface area is 171 Å². The van der Waals surface area contributed by atoms with Gasteiger partial charge in [-0.25, -0.2) is 0 Å². The zero-order valence-electron chi connectivity index (χ0n) is 15.9. The smallest absolute Gasteiger partial charge is 0.237 e. The number of hydrogen-bond donors (Lipinski definition) is 2. The summed E-state index contributed by atoms with van der Waals surface area (Å²) in [7, 11) is 1.80. The average Bonchev–Trinajstić information content (AvgIpc) is 3.29. The first-order valence-corrected chi connectivity index (χ1v) is 10.8. The average molecular weight is 412 g/mol. The second-order valence-corrected chi connectivity index (χ2v) is 8.93. The van der Waals surface area contributed by atoms with Crippen molar-refractivity contribution in [2.24, 2.45) is 0 Å². The number of carbonyl (C=O) groups is 1. The number of nitrogens with one attached hydrogen (secondary N) is 2. The largest absolute Gasteiger partial charge is 0.363 e. The van der Waals surface area contributed by atoms with E-state index in [0.29, 0.717) is 0 Å². The molecule has 0 aliphatic heterocycles. The van der Waals surface area contributed by atoms with Gasteiger partial charge in [-0.15, -0.1) is 10.2 Å². The minimum atomic E-state index is -0.273. The molecule has 0 aliphatic carbocycles. The fourth-order valence-corrected chi connectivity index (χ4v) is 5.13. The Morgan fingerprint density at radius 1 is 1.18 bits per heavy atom. The van der Waals surface area contributed by atoms with Crippen LogP contribution in [0.2, 0.25) is 0 Å². The predicted molar refractivity (Wildman–Crippen MR) is 119 cm³/mol. The molecular formula is C20H21N5OS2. The third kappa shape index (κ3) is 3.45. The topological polar surface area (TPSA) is 71.8 Å². The van der Waals surface area contributed by atoms with Crippen LogP contribution in [0.3, 0.4) is 0 Å². The number of nitrogens with zero attached hydrogens (tertiary/aromatic N) is 3. The minimum Gasteiger partial charge on any atom is -0.363 e. The molecule has 144 valence electrons. The monoisotopic (exact) mass is 411 g/mol. The van der Waals surface area contributed by atoms with Crippen molar-refractivity contribution in [3.8, 4) is 0 Å². The van der Waals surface area contributed by atoms with Crippen molar-refractivity contribution >= 4 is 61.6 Å². The molecule has 28 heavy (non-hydrogen) atoms. The summed E-state index contributed by atoms with van der Waals surface area (Å²) in [5, 5.41) is 16.9. The predicted octanol–water partition coefficient (Wildman–Crippen LogP) is 4.83. The van der Waals surface area contributed by atoms with Gasteiger partial charge in [-0.1, -0.05) is 41.3 Å². The normalized spacial score (nSPS) is 12.4. The highest BCUT2D eigenvalue weighted by molar-refractivity contribution is 8.02. The third-order valence-corrected chi connectivity index (χ3v) is 6.75. The Balaban J connectivity index is 1.57. The second kappa shape index (κ2) is 7.81. The summed E-state index contributed by atoms with van der Waals surface area (Å²) in [4.78, 5) is 12.7. The van der Waals surface area contributed by atoms with Gasteiger partial charge in [0.2, 0.25) is 11.0 Å². The molecule has 6 nitrogen and oxygen atoms in total. The summed E-state index contributed by atoms with van der Waals surface area (Å²) < 4.78 is 3.07. The van der Waals surface area contributed by atoms with E-state index in [0.717, 1.165) is 27.1 Å². The van der Waals surface area contributed by atoms with Crippen molar-refractivity contribution < 1.29 is 4.79 Å². The van der Waals surface area contributed by atoms with Crippen LogP contribution in [0.4, 0.5) is 10.8 Å². The summed E-state index contributed by atoms with van der Waals surface area (Å²) in [6.45, 7) is 4.93. The molecule has 4 aromatic rings. The number of aromatic nitrogens is 3. The summed E-state index contributed by atoms with van der Waals surface area (Å²) in [5.74, 6) is -0.0511. The van der Waals surface area contributed by atoms with Gasteiger partial charge in [0.05, 0.1) is 5.25 Å². The fourth-order valence-electron chi connectivity index (χ4n) is 3.28. The zero-order chi connectivity index (χ0) is 19.7. The van der Waals surface area contributed by atoms with Crippen LogP contribution in [-0.4, -0.2) is 33.0 Å². The maximum absolute atomic E-state index is 12.7. The summed E-state index contributed by atoms with van der Waals surface area (Å²) in [5.41, 5.74) is 3.19. The standard InChI is InChI=1S/C20H21N5OS2/c1-4-25-16-8-6-5-7-14(16)15-11-13(9-10-17(15)25)22-18(26)12(2)27-20-24-23-19(21-3)28-20/h5-12H,4H2,1-3H3,(H,21,23)(H,22,26)/t12-/m1/s1. The van der Waals surface area contributed by atoms with Gasteiger partial charge < -0.3 is 15.2 Å². The quantitative estimate of drug-likeness (QED) is 0.445. The van der Waals surface area contributed by atoms with Gasteiger partial charge in [0.1, 0.15) is 0 Å². The Morgan fingerprint density at radius 3 is 2.71 bits per heavy atom. The van der Waals surface area contributed by atoms with Gasteiger partial charge in [0, 0.05) is 41.1 Å². The minimum absolute atomic E-state index is 0.0511. The van der Waals surface area contributed by atoms with Crippen LogP contribution in [-0.2, 0) is 11.3 Å². The van der Waals surface area contributed by atoms with E-state index in [-0.39, 0.29) is 11.2 Å². The van der Waals surface area contributed by atoms with Crippen molar-refractivity contribution in [1.82, 2.24) is 14.8 Å². The molecule has 2 aromatic carbocycles. The van der Waals surface area contributed by atoms with Crippen molar-refractivity contribution in [2.75, 3.05) is 17.7 Å².